The maximum Gasteiger partial charge on any atom is 0.324 e. The summed E-state index contributed by atoms with van der Waals surface area (Å²) in [5.74, 6) is -0.680. The van der Waals surface area contributed by atoms with Crippen LogP contribution in [0.2, 0.25) is 0 Å². The van der Waals surface area contributed by atoms with Gasteiger partial charge in [-0.2, -0.15) is 0 Å². The zero-order chi connectivity index (χ0) is 13.8. The number of ether oxygens (including phenoxy) is 1. The summed E-state index contributed by atoms with van der Waals surface area (Å²) < 4.78 is 29.4. The minimum atomic E-state index is -3.66. The van der Waals surface area contributed by atoms with Crippen molar-refractivity contribution in [1.29, 1.82) is 0 Å². The van der Waals surface area contributed by atoms with Crippen LogP contribution >= 0.6 is 0 Å². The summed E-state index contributed by atoms with van der Waals surface area (Å²) in [4.78, 5) is 11.8. The molecular weight excluding hydrogens is 252 g/mol. The number of sulfone groups is 1. The van der Waals surface area contributed by atoms with Crippen LogP contribution < -0.4 is 0 Å². The molecule has 0 aromatic heterocycles. The normalized spacial score (nSPS) is 13.1. The second kappa shape index (κ2) is 6.00. The van der Waals surface area contributed by atoms with Crippen LogP contribution in [0.1, 0.15) is 25.8 Å². The van der Waals surface area contributed by atoms with Crippen molar-refractivity contribution in [3.05, 3.63) is 29.8 Å². The Bertz CT molecular complexity index is 502. The van der Waals surface area contributed by atoms with Crippen LogP contribution in [0, 0.1) is 6.92 Å². The number of hydrogen-bond acceptors (Lipinski definition) is 4. The van der Waals surface area contributed by atoms with Crippen LogP contribution in [0.5, 0.6) is 0 Å². The number of benzene rings is 1. The first-order chi connectivity index (χ1) is 8.43. The number of carbonyl (C=O) groups excluding carboxylic acids is 1. The van der Waals surface area contributed by atoms with Crippen LogP contribution in [0.4, 0.5) is 0 Å². The highest BCUT2D eigenvalue weighted by molar-refractivity contribution is 7.92. The van der Waals surface area contributed by atoms with E-state index >= 15 is 0 Å². The number of rotatable bonds is 5. The second-order valence-corrected chi connectivity index (χ2v) is 6.14. The van der Waals surface area contributed by atoms with Gasteiger partial charge in [-0.15, -0.1) is 0 Å². The van der Waals surface area contributed by atoms with Gasteiger partial charge in [-0.05, 0) is 32.4 Å². The van der Waals surface area contributed by atoms with Gasteiger partial charge in [0, 0.05) is 0 Å². The maximum atomic E-state index is 12.3. The van der Waals surface area contributed by atoms with E-state index in [1.165, 1.54) is 12.1 Å². The molecule has 100 valence electrons. The van der Waals surface area contributed by atoms with Gasteiger partial charge in [-0.1, -0.05) is 24.6 Å². The Morgan fingerprint density at radius 2 is 1.78 bits per heavy atom. The van der Waals surface area contributed by atoms with Crippen LogP contribution in [0.25, 0.3) is 0 Å². The average molecular weight is 270 g/mol. The Morgan fingerprint density at radius 1 is 1.22 bits per heavy atom. The van der Waals surface area contributed by atoms with E-state index in [-0.39, 0.29) is 17.9 Å². The number of carbonyl (C=O) groups is 1. The smallest absolute Gasteiger partial charge is 0.324 e. The lowest BCUT2D eigenvalue weighted by atomic mass is 10.2. The molecular formula is C13H18O4S. The lowest BCUT2D eigenvalue weighted by Crippen LogP contribution is -2.31. The van der Waals surface area contributed by atoms with E-state index in [9.17, 15) is 13.2 Å². The SMILES string of the molecule is CCOC(=O)C(CC)S(=O)(=O)c1ccc(C)cc1. The molecule has 0 spiro atoms. The van der Waals surface area contributed by atoms with Gasteiger partial charge >= 0.3 is 5.97 Å². The summed E-state index contributed by atoms with van der Waals surface area (Å²) in [6.07, 6.45) is 0.203. The first-order valence-corrected chi connectivity index (χ1v) is 7.45. The molecule has 0 amide bonds. The van der Waals surface area contributed by atoms with Crippen molar-refractivity contribution in [3.63, 3.8) is 0 Å². The molecule has 0 heterocycles. The highest BCUT2D eigenvalue weighted by atomic mass is 32.2. The third kappa shape index (κ3) is 3.10. The third-order valence-corrected chi connectivity index (χ3v) is 4.85. The van der Waals surface area contributed by atoms with E-state index in [1.807, 2.05) is 6.92 Å². The van der Waals surface area contributed by atoms with E-state index < -0.39 is 21.1 Å². The highest BCUT2D eigenvalue weighted by Crippen LogP contribution is 2.20. The van der Waals surface area contributed by atoms with Gasteiger partial charge in [-0.25, -0.2) is 8.42 Å². The quantitative estimate of drug-likeness (QED) is 0.769. The molecule has 0 aliphatic heterocycles. The summed E-state index contributed by atoms with van der Waals surface area (Å²) in [5.41, 5.74) is 0.970. The summed E-state index contributed by atoms with van der Waals surface area (Å²) in [6, 6.07) is 6.47. The Hall–Kier alpha value is -1.36. The summed E-state index contributed by atoms with van der Waals surface area (Å²) in [6.45, 7) is 5.37. The molecule has 0 aliphatic carbocycles. The monoisotopic (exact) mass is 270 g/mol. The Balaban J connectivity index is 3.10. The minimum absolute atomic E-state index is 0.160. The maximum absolute atomic E-state index is 12.3. The average Bonchev–Trinajstić information content (AvgIpc) is 2.30. The van der Waals surface area contributed by atoms with Gasteiger partial charge in [0.1, 0.15) is 0 Å². The van der Waals surface area contributed by atoms with E-state index in [2.05, 4.69) is 0 Å². The van der Waals surface area contributed by atoms with Crippen molar-refractivity contribution in [1.82, 2.24) is 0 Å². The fraction of sp³-hybridized carbons (Fsp3) is 0.462. The van der Waals surface area contributed by atoms with E-state index in [1.54, 1.807) is 26.0 Å². The van der Waals surface area contributed by atoms with E-state index in [0.717, 1.165) is 5.56 Å². The molecule has 1 unspecified atom stereocenters. The fourth-order valence-electron chi connectivity index (χ4n) is 1.64. The van der Waals surface area contributed by atoms with Crippen LogP contribution in [-0.2, 0) is 19.4 Å². The molecule has 4 nitrogen and oxygen atoms in total. The second-order valence-electron chi connectivity index (χ2n) is 4.01. The molecule has 0 saturated carbocycles. The van der Waals surface area contributed by atoms with Crippen molar-refractivity contribution in [2.24, 2.45) is 0 Å². The lowest BCUT2D eigenvalue weighted by molar-refractivity contribution is -0.142. The first-order valence-electron chi connectivity index (χ1n) is 5.90. The molecule has 1 aromatic rings. The van der Waals surface area contributed by atoms with E-state index in [4.69, 9.17) is 4.74 Å². The van der Waals surface area contributed by atoms with Gasteiger partial charge < -0.3 is 4.74 Å². The predicted octanol–water partition coefficient (Wildman–Crippen LogP) is 2.11. The Morgan fingerprint density at radius 3 is 2.22 bits per heavy atom. The third-order valence-electron chi connectivity index (χ3n) is 2.64. The molecule has 0 bridgehead atoms. The first kappa shape index (κ1) is 14.7. The van der Waals surface area contributed by atoms with Crippen molar-refractivity contribution in [2.45, 2.75) is 37.3 Å². The summed E-state index contributed by atoms with van der Waals surface area (Å²) in [7, 11) is -3.66. The van der Waals surface area contributed by atoms with Gasteiger partial charge in [-0.3, -0.25) is 4.79 Å². The van der Waals surface area contributed by atoms with Gasteiger partial charge in [0.05, 0.1) is 11.5 Å². The Kier molecular flexibility index (Phi) is 4.90. The molecule has 5 heteroatoms. The van der Waals surface area contributed by atoms with E-state index in [0.29, 0.717) is 0 Å². The zero-order valence-electron chi connectivity index (χ0n) is 10.8. The standard InChI is InChI=1S/C13H18O4S/c1-4-12(13(14)17-5-2)18(15,16)11-8-6-10(3)7-9-11/h6-9,12H,4-5H2,1-3H3. The molecule has 1 aromatic carbocycles. The van der Waals surface area contributed by atoms with Gasteiger partial charge in [0.2, 0.25) is 0 Å². The number of aryl methyl sites for hydroxylation is 1. The largest absolute Gasteiger partial charge is 0.465 e. The minimum Gasteiger partial charge on any atom is -0.465 e. The topological polar surface area (TPSA) is 60.4 Å². The predicted molar refractivity (Wildman–Crippen MR) is 69.1 cm³/mol. The lowest BCUT2D eigenvalue weighted by Gasteiger charge is -2.14. The van der Waals surface area contributed by atoms with Crippen molar-refractivity contribution in [2.75, 3.05) is 6.61 Å². The number of hydrogen-bond donors (Lipinski definition) is 0. The zero-order valence-corrected chi connectivity index (χ0v) is 11.7. The fourth-order valence-corrected chi connectivity index (χ4v) is 3.24. The van der Waals surface area contributed by atoms with Crippen LogP contribution in [0.3, 0.4) is 0 Å². The Labute approximate surface area is 108 Å². The molecule has 18 heavy (non-hydrogen) atoms. The molecule has 0 N–H and O–H groups in total. The summed E-state index contributed by atoms with van der Waals surface area (Å²) in [5, 5.41) is -1.12. The van der Waals surface area contributed by atoms with Crippen molar-refractivity contribution >= 4 is 15.8 Å². The van der Waals surface area contributed by atoms with Crippen LogP contribution in [0.15, 0.2) is 29.2 Å². The van der Waals surface area contributed by atoms with Crippen molar-refractivity contribution < 1.29 is 17.9 Å². The number of esters is 1. The highest BCUT2D eigenvalue weighted by Gasteiger charge is 2.33. The molecule has 0 aliphatic rings. The molecule has 1 atom stereocenters. The molecule has 1 rings (SSSR count). The molecule has 0 fully saturated rings. The molecule has 0 saturated heterocycles. The van der Waals surface area contributed by atoms with Crippen LogP contribution in [-0.4, -0.2) is 26.2 Å². The van der Waals surface area contributed by atoms with Crippen molar-refractivity contribution in [3.8, 4) is 0 Å². The van der Waals surface area contributed by atoms with Gasteiger partial charge in [0.15, 0.2) is 15.1 Å². The van der Waals surface area contributed by atoms with Gasteiger partial charge in [0.25, 0.3) is 0 Å². The summed E-state index contributed by atoms with van der Waals surface area (Å²) >= 11 is 0. The molecule has 0 radical (unpaired) electrons.